The topological polar surface area (TPSA) is 20.2 Å². The summed E-state index contributed by atoms with van der Waals surface area (Å²) in [6.45, 7) is 39.9. The first-order valence-electron chi connectivity index (χ1n) is 14.6. The van der Waals surface area contributed by atoms with Crippen molar-refractivity contribution in [1.82, 2.24) is 0 Å². The largest absolute Gasteiger partial charge is 0.392 e. The maximum Gasteiger partial charge on any atom is 0.0633 e. The van der Waals surface area contributed by atoms with Crippen LogP contribution in [0, 0.1) is 39.4 Å². The van der Waals surface area contributed by atoms with Gasteiger partial charge in [0.1, 0.15) is 0 Å². The van der Waals surface area contributed by atoms with Crippen LogP contribution in [-0.4, -0.2) is 11.2 Å². The molecular weight excluding hydrogens is 412 g/mol. The summed E-state index contributed by atoms with van der Waals surface area (Å²) in [5, 5.41) is 10.5. The van der Waals surface area contributed by atoms with Gasteiger partial charge in [0.2, 0.25) is 0 Å². The number of aliphatic hydroxyl groups is 1. The summed E-state index contributed by atoms with van der Waals surface area (Å²) in [5.74, 6) is 1.82. The number of rotatable bonds is 4. The van der Waals surface area contributed by atoms with E-state index in [-0.39, 0.29) is 11.5 Å². The van der Waals surface area contributed by atoms with Crippen molar-refractivity contribution in [2.75, 3.05) is 0 Å². The predicted molar refractivity (Wildman–Crippen MR) is 157 cm³/mol. The van der Waals surface area contributed by atoms with E-state index in [0.29, 0.717) is 28.1 Å². The Bertz CT molecular complexity index is 626. The number of aliphatic hydroxyl groups excluding tert-OH is 1. The van der Waals surface area contributed by atoms with Crippen molar-refractivity contribution in [3.63, 3.8) is 0 Å². The van der Waals surface area contributed by atoms with Gasteiger partial charge in [-0.2, -0.15) is 0 Å². The van der Waals surface area contributed by atoms with Crippen LogP contribution in [0.1, 0.15) is 143 Å². The third-order valence-electron chi connectivity index (χ3n) is 9.97. The van der Waals surface area contributed by atoms with E-state index in [1.54, 1.807) is 5.57 Å². The highest BCUT2D eigenvalue weighted by molar-refractivity contribution is 5.18. The molecule has 0 spiro atoms. The molecule has 2 aliphatic carbocycles. The smallest absolute Gasteiger partial charge is 0.0633 e. The second-order valence-electron chi connectivity index (χ2n) is 12.6. The molecule has 1 nitrogen and oxygen atoms in total. The fourth-order valence-corrected chi connectivity index (χ4v) is 6.06. The van der Waals surface area contributed by atoms with Crippen LogP contribution in [0.25, 0.3) is 0 Å². The fourth-order valence-electron chi connectivity index (χ4n) is 6.06. The molecule has 0 radical (unpaired) electrons. The lowest BCUT2D eigenvalue weighted by Crippen LogP contribution is -2.48. The summed E-state index contributed by atoms with van der Waals surface area (Å²) in [7, 11) is 0. The van der Waals surface area contributed by atoms with E-state index in [2.05, 4.69) is 95.7 Å². The molecule has 1 N–H and O–H groups in total. The summed E-state index contributed by atoms with van der Waals surface area (Å²) in [6.07, 6.45) is 8.05. The van der Waals surface area contributed by atoms with Crippen LogP contribution in [-0.2, 0) is 0 Å². The Hall–Kier alpha value is -0.560. The molecule has 0 heterocycles. The Morgan fingerprint density at radius 3 is 1.85 bits per heavy atom. The van der Waals surface area contributed by atoms with Crippen molar-refractivity contribution in [1.29, 1.82) is 0 Å². The fraction of sp³-hybridized carbons (Fsp3) is 0.879. The molecule has 0 aromatic carbocycles. The molecule has 2 aliphatic rings. The maximum absolute atomic E-state index is 10.5. The minimum Gasteiger partial charge on any atom is -0.392 e. The summed E-state index contributed by atoms with van der Waals surface area (Å²) in [6, 6.07) is 0. The minimum atomic E-state index is -0.230. The zero-order valence-electron chi connectivity index (χ0n) is 26.6. The van der Waals surface area contributed by atoms with Gasteiger partial charge in [-0.3, -0.25) is 0 Å². The number of hydrogen-bond acceptors (Lipinski definition) is 1. The Balaban J connectivity index is 0. The zero-order chi connectivity index (χ0) is 27.7. The van der Waals surface area contributed by atoms with Gasteiger partial charge in [-0.15, -0.1) is 0 Å². The molecule has 0 aliphatic heterocycles. The quantitative estimate of drug-likeness (QED) is 0.398. The molecule has 0 amide bonds. The average molecular weight is 479 g/mol. The van der Waals surface area contributed by atoms with Crippen molar-refractivity contribution in [2.24, 2.45) is 39.4 Å². The van der Waals surface area contributed by atoms with Crippen LogP contribution in [0.5, 0.6) is 0 Å². The van der Waals surface area contributed by atoms with Gasteiger partial charge < -0.3 is 5.11 Å². The molecule has 1 fully saturated rings. The van der Waals surface area contributed by atoms with Gasteiger partial charge in [-0.1, -0.05) is 134 Å². The number of allylic oxidation sites excluding steroid dienone is 2. The number of hydrogen-bond donors (Lipinski definition) is 1. The predicted octanol–water partition coefficient (Wildman–Crippen LogP) is 10.9. The van der Waals surface area contributed by atoms with E-state index >= 15 is 0 Å². The van der Waals surface area contributed by atoms with Crippen molar-refractivity contribution < 1.29 is 5.11 Å². The lowest BCUT2D eigenvalue weighted by atomic mass is 9.54. The van der Waals surface area contributed by atoms with E-state index in [0.717, 1.165) is 18.8 Å². The van der Waals surface area contributed by atoms with Gasteiger partial charge in [-0.05, 0) is 66.6 Å². The molecular formula is C33H66O. The van der Waals surface area contributed by atoms with Crippen LogP contribution >= 0.6 is 0 Å². The minimum absolute atomic E-state index is 0.106. The first-order valence-corrected chi connectivity index (χ1v) is 14.6. The summed E-state index contributed by atoms with van der Waals surface area (Å²) >= 11 is 0. The van der Waals surface area contributed by atoms with E-state index in [1.807, 2.05) is 27.7 Å². The van der Waals surface area contributed by atoms with Crippen molar-refractivity contribution >= 4 is 0 Å². The lowest BCUT2D eigenvalue weighted by molar-refractivity contribution is -0.0632. The molecule has 0 aromatic heterocycles. The molecule has 0 bridgehead atoms. The van der Waals surface area contributed by atoms with E-state index in [1.165, 1.54) is 24.8 Å². The highest BCUT2D eigenvalue weighted by Gasteiger charge is 2.49. The molecule has 1 heteroatoms. The van der Waals surface area contributed by atoms with Gasteiger partial charge >= 0.3 is 0 Å². The first-order chi connectivity index (χ1) is 15.5. The SMILES string of the molecule is C=C(C(C)C)C1(C)C[C@@](C)(CC)C(C)CC1O.CC.CC.CCC1(C)C[C@H](C)C(C)=CC1(C)C. The summed E-state index contributed by atoms with van der Waals surface area (Å²) < 4.78 is 0. The second kappa shape index (κ2) is 14.2. The van der Waals surface area contributed by atoms with Crippen molar-refractivity contribution in [2.45, 2.75) is 149 Å². The monoisotopic (exact) mass is 479 g/mol. The summed E-state index contributed by atoms with van der Waals surface area (Å²) in [5.41, 5.74) is 3.90. The maximum atomic E-state index is 10.5. The van der Waals surface area contributed by atoms with Gasteiger partial charge in [-0.25, -0.2) is 0 Å². The Morgan fingerprint density at radius 1 is 1.00 bits per heavy atom. The molecule has 34 heavy (non-hydrogen) atoms. The molecule has 0 aromatic rings. The average Bonchev–Trinajstić information content (AvgIpc) is 2.79. The van der Waals surface area contributed by atoms with Crippen LogP contribution < -0.4 is 0 Å². The second-order valence-corrected chi connectivity index (χ2v) is 12.6. The van der Waals surface area contributed by atoms with Crippen molar-refractivity contribution in [3.05, 3.63) is 23.8 Å². The first kappa shape index (κ1) is 35.6. The Morgan fingerprint density at radius 2 is 1.47 bits per heavy atom. The van der Waals surface area contributed by atoms with Gasteiger partial charge in [0, 0.05) is 5.41 Å². The third-order valence-corrected chi connectivity index (χ3v) is 9.97. The molecule has 2 rings (SSSR count). The van der Waals surface area contributed by atoms with Crippen LogP contribution in [0.4, 0.5) is 0 Å². The highest BCUT2D eigenvalue weighted by atomic mass is 16.3. The van der Waals surface area contributed by atoms with Gasteiger partial charge in [0.05, 0.1) is 6.10 Å². The van der Waals surface area contributed by atoms with Gasteiger partial charge in [0.15, 0.2) is 0 Å². The standard InChI is InChI=1S/C16H30O.C13H24.2C2H6/c1-8-15(6)10-16(7,13(5)11(2)3)14(17)9-12(15)4;1-7-13(6)9-11(3)10(2)8-12(13,4)5;2*1-2/h11-12,14,17H,5,8-10H2,1-4,6-7H3;8,11H,7,9H2,1-6H3;2*1-2H3/t12?,14?,15-,16?;11-,13?;;/m10../s1. The molecule has 0 saturated heterocycles. The molecule has 1 saturated carbocycles. The van der Waals surface area contributed by atoms with Crippen LogP contribution in [0.15, 0.2) is 23.8 Å². The third kappa shape index (κ3) is 7.97. The van der Waals surface area contributed by atoms with E-state index in [9.17, 15) is 5.11 Å². The highest BCUT2D eigenvalue weighted by Crippen LogP contribution is 2.55. The van der Waals surface area contributed by atoms with E-state index < -0.39 is 0 Å². The summed E-state index contributed by atoms with van der Waals surface area (Å²) in [4.78, 5) is 0. The van der Waals surface area contributed by atoms with Gasteiger partial charge in [0.25, 0.3) is 0 Å². The molecule has 4 unspecified atom stereocenters. The van der Waals surface area contributed by atoms with Crippen LogP contribution in [0.3, 0.4) is 0 Å². The molecule has 204 valence electrons. The normalized spacial score (nSPS) is 36.5. The lowest BCUT2D eigenvalue weighted by Gasteiger charge is -2.52. The van der Waals surface area contributed by atoms with Crippen molar-refractivity contribution in [3.8, 4) is 0 Å². The van der Waals surface area contributed by atoms with E-state index in [4.69, 9.17) is 0 Å². The zero-order valence-corrected chi connectivity index (χ0v) is 26.6. The molecule has 6 atom stereocenters. The van der Waals surface area contributed by atoms with Crippen LogP contribution in [0.2, 0.25) is 0 Å². The Labute approximate surface area is 217 Å². The Kier molecular flexibility index (Phi) is 14.9.